The minimum Gasteiger partial charge on any atom is -0.467 e. The van der Waals surface area contributed by atoms with Crippen LogP contribution < -0.4 is 10.9 Å². The molecule has 0 saturated heterocycles. The number of nitrogens with one attached hydrogen (secondary N) is 2. The number of hydrogen-bond donors (Lipinski definition) is 2. The largest absolute Gasteiger partial charge is 0.467 e. The Morgan fingerprint density at radius 2 is 2.07 bits per heavy atom. The number of thiophene rings is 1. The maximum atomic E-state index is 12.7. The van der Waals surface area contributed by atoms with Crippen molar-refractivity contribution in [2.24, 2.45) is 0 Å². The normalized spacial score (nSPS) is 11.3. The van der Waals surface area contributed by atoms with Gasteiger partial charge in [0.2, 0.25) is 5.91 Å². The second-order valence-corrected chi connectivity index (χ2v) is 8.94. The highest BCUT2D eigenvalue weighted by molar-refractivity contribution is 7.99. The van der Waals surface area contributed by atoms with Gasteiger partial charge in [-0.15, -0.1) is 11.3 Å². The number of nitrogens with zero attached hydrogens (tertiary/aromatic N) is 1. The van der Waals surface area contributed by atoms with E-state index in [0.29, 0.717) is 33.6 Å². The fourth-order valence-electron chi connectivity index (χ4n) is 3.04. The molecule has 4 aromatic rings. The van der Waals surface area contributed by atoms with Crippen LogP contribution in [0.3, 0.4) is 0 Å². The first-order chi connectivity index (χ1) is 14.5. The molecule has 4 rings (SSSR count). The molecule has 0 atom stereocenters. The molecule has 0 radical (unpaired) electrons. The lowest BCUT2D eigenvalue weighted by Crippen LogP contribution is -2.24. The maximum Gasteiger partial charge on any atom is 0.260 e. The maximum absolute atomic E-state index is 12.7. The third kappa shape index (κ3) is 4.49. The van der Waals surface area contributed by atoms with Gasteiger partial charge < -0.3 is 14.7 Å². The Balaban J connectivity index is 1.48. The van der Waals surface area contributed by atoms with E-state index in [0.717, 1.165) is 11.1 Å². The fraction of sp³-hybridized carbons (Fsp3) is 0.227. The van der Waals surface area contributed by atoms with E-state index in [4.69, 9.17) is 4.42 Å². The lowest BCUT2D eigenvalue weighted by Gasteiger charge is -2.06. The lowest BCUT2D eigenvalue weighted by molar-refractivity contribution is -0.118. The number of aromatic nitrogens is 2. The van der Waals surface area contributed by atoms with Gasteiger partial charge in [-0.3, -0.25) is 9.59 Å². The number of fused-ring (bicyclic) bond motifs is 1. The topological polar surface area (TPSA) is 88.0 Å². The summed E-state index contributed by atoms with van der Waals surface area (Å²) < 4.78 is 5.19. The van der Waals surface area contributed by atoms with Gasteiger partial charge in [-0.2, -0.15) is 0 Å². The van der Waals surface area contributed by atoms with Crippen molar-refractivity contribution in [2.75, 3.05) is 5.75 Å². The molecule has 0 unspecified atom stereocenters. The molecule has 1 amide bonds. The van der Waals surface area contributed by atoms with Crippen molar-refractivity contribution >= 4 is 39.2 Å². The summed E-state index contributed by atoms with van der Waals surface area (Å²) in [7, 11) is 0. The molecule has 0 fully saturated rings. The minimum absolute atomic E-state index is 0.156. The average Bonchev–Trinajstić information content (AvgIpc) is 3.41. The van der Waals surface area contributed by atoms with Gasteiger partial charge in [-0.25, -0.2) is 4.98 Å². The summed E-state index contributed by atoms with van der Waals surface area (Å²) in [6, 6.07) is 11.8. The molecule has 0 bridgehead atoms. The van der Waals surface area contributed by atoms with Gasteiger partial charge in [-0.1, -0.05) is 49.9 Å². The monoisotopic (exact) mass is 439 g/mol. The number of rotatable bonds is 7. The van der Waals surface area contributed by atoms with E-state index < -0.39 is 0 Å². The second kappa shape index (κ2) is 8.89. The van der Waals surface area contributed by atoms with Crippen molar-refractivity contribution < 1.29 is 9.21 Å². The smallest absolute Gasteiger partial charge is 0.260 e. The van der Waals surface area contributed by atoms with Gasteiger partial charge in [0.05, 0.1) is 23.9 Å². The van der Waals surface area contributed by atoms with Crippen LogP contribution in [0, 0.1) is 0 Å². The average molecular weight is 440 g/mol. The van der Waals surface area contributed by atoms with Crippen LogP contribution in [0.4, 0.5) is 0 Å². The Bertz CT molecular complexity index is 1210. The fourth-order valence-corrected chi connectivity index (χ4v) is 4.74. The van der Waals surface area contributed by atoms with Gasteiger partial charge in [0.25, 0.3) is 5.56 Å². The molecule has 30 heavy (non-hydrogen) atoms. The molecule has 0 aliphatic heterocycles. The van der Waals surface area contributed by atoms with Crippen molar-refractivity contribution in [1.29, 1.82) is 0 Å². The molecular weight excluding hydrogens is 418 g/mol. The van der Waals surface area contributed by atoms with Gasteiger partial charge in [-0.05, 0) is 29.2 Å². The van der Waals surface area contributed by atoms with Crippen LogP contribution in [0.1, 0.15) is 31.1 Å². The number of carbonyl (C=O) groups excluding carboxylic acids is 1. The molecule has 2 N–H and O–H groups in total. The minimum atomic E-state index is -0.192. The van der Waals surface area contributed by atoms with Crippen LogP contribution in [0.25, 0.3) is 21.3 Å². The van der Waals surface area contributed by atoms with Crippen LogP contribution >= 0.6 is 23.1 Å². The zero-order chi connectivity index (χ0) is 21.1. The number of benzene rings is 1. The van der Waals surface area contributed by atoms with Crippen molar-refractivity contribution in [2.45, 2.75) is 31.5 Å². The van der Waals surface area contributed by atoms with Gasteiger partial charge in [0.1, 0.15) is 10.6 Å². The van der Waals surface area contributed by atoms with E-state index in [2.05, 4.69) is 41.3 Å². The van der Waals surface area contributed by atoms with Gasteiger partial charge in [0.15, 0.2) is 5.16 Å². The number of thioether (sulfide) groups is 1. The first kappa shape index (κ1) is 20.4. The summed E-state index contributed by atoms with van der Waals surface area (Å²) in [5, 5.41) is 5.76. The molecule has 3 aromatic heterocycles. The summed E-state index contributed by atoms with van der Waals surface area (Å²) in [6.45, 7) is 4.64. The summed E-state index contributed by atoms with van der Waals surface area (Å²) in [6.07, 6.45) is 1.56. The van der Waals surface area contributed by atoms with Crippen LogP contribution in [0.15, 0.2) is 62.4 Å². The SMILES string of the molecule is CC(C)c1ccc(-c2csc3nc(SCC(=O)NCc4ccco4)[nH]c(=O)c23)cc1. The van der Waals surface area contributed by atoms with Gasteiger partial charge >= 0.3 is 0 Å². The zero-order valence-corrected chi connectivity index (χ0v) is 18.2. The Morgan fingerprint density at radius 3 is 2.77 bits per heavy atom. The molecule has 0 aliphatic rings. The Labute approximate surface area is 181 Å². The first-order valence-electron chi connectivity index (χ1n) is 9.55. The Kier molecular flexibility index (Phi) is 6.06. The second-order valence-electron chi connectivity index (χ2n) is 7.12. The molecule has 0 spiro atoms. The van der Waals surface area contributed by atoms with E-state index in [-0.39, 0.29) is 17.2 Å². The molecular formula is C22H21N3O3S2. The highest BCUT2D eigenvalue weighted by Gasteiger charge is 2.14. The zero-order valence-electron chi connectivity index (χ0n) is 16.6. The van der Waals surface area contributed by atoms with Gasteiger partial charge in [0, 0.05) is 10.9 Å². The quantitative estimate of drug-likeness (QED) is 0.320. The number of carbonyl (C=O) groups is 1. The molecule has 1 aromatic carbocycles. The van der Waals surface area contributed by atoms with E-state index in [1.54, 1.807) is 18.4 Å². The lowest BCUT2D eigenvalue weighted by atomic mass is 9.99. The summed E-state index contributed by atoms with van der Waals surface area (Å²) in [5.74, 6) is 1.15. The Hall–Kier alpha value is -2.84. The standard InChI is InChI=1S/C22H21N3O3S2/c1-13(2)14-5-7-15(8-6-14)17-11-29-21-19(17)20(27)24-22(25-21)30-12-18(26)23-10-16-4-3-9-28-16/h3-9,11,13H,10,12H2,1-2H3,(H,23,26)(H,24,25,27). The third-order valence-corrected chi connectivity index (χ3v) is 6.44. The Morgan fingerprint density at radius 1 is 1.27 bits per heavy atom. The highest BCUT2D eigenvalue weighted by atomic mass is 32.2. The predicted molar refractivity (Wildman–Crippen MR) is 121 cm³/mol. The highest BCUT2D eigenvalue weighted by Crippen LogP contribution is 2.32. The molecule has 3 heterocycles. The van der Waals surface area contributed by atoms with Crippen LogP contribution in [0.5, 0.6) is 0 Å². The number of furan rings is 1. The molecule has 0 saturated carbocycles. The van der Waals surface area contributed by atoms with E-state index in [9.17, 15) is 9.59 Å². The number of aromatic amines is 1. The van der Waals surface area contributed by atoms with Crippen LogP contribution in [0.2, 0.25) is 0 Å². The predicted octanol–water partition coefficient (Wildman–Crippen LogP) is 4.78. The van der Waals surface area contributed by atoms with Crippen LogP contribution in [-0.2, 0) is 11.3 Å². The summed E-state index contributed by atoms with van der Waals surface area (Å²) in [5.41, 5.74) is 2.94. The van der Waals surface area contributed by atoms with Crippen LogP contribution in [-0.4, -0.2) is 21.6 Å². The molecule has 8 heteroatoms. The number of H-pyrrole nitrogens is 1. The van der Waals surface area contributed by atoms with Crippen molar-refractivity contribution in [3.8, 4) is 11.1 Å². The summed E-state index contributed by atoms with van der Waals surface area (Å²) >= 11 is 2.64. The first-order valence-corrected chi connectivity index (χ1v) is 11.4. The van der Waals surface area contributed by atoms with E-state index >= 15 is 0 Å². The molecule has 0 aliphatic carbocycles. The number of amides is 1. The van der Waals surface area contributed by atoms with Crippen molar-refractivity contribution in [3.63, 3.8) is 0 Å². The number of hydrogen-bond acceptors (Lipinski definition) is 6. The van der Waals surface area contributed by atoms with Crippen molar-refractivity contribution in [3.05, 3.63) is 69.7 Å². The third-order valence-electron chi connectivity index (χ3n) is 4.69. The molecule has 154 valence electrons. The van der Waals surface area contributed by atoms with E-state index in [1.807, 2.05) is 17.5 Å². The van der Waals surface area contributed by atoms with E-state index in [1.165, 1.54) is 28.7 Å². The summed E-state index contributed by atoms with van der Waals surface area (Å²) in [4.78, 5) is 32.8. The van der Waals surface area contributed by atoms with Crippen molar-refractivity contribution in [1.82, 2.24) is 15.3 Å². The molecule has 6 nitrogen and oxygen atoms in total.